The number of benzene rings is 1. The summed E-state index contributed by atoms with van der Waals surface area (Å²) in [6, 6.07) is 3.72. The number of rotatable bonds is 3. The Morgan fingerprint density at radius 1 is 1.30 bits per heavy atom. The molecule has 0 bridgehead atoms. The molecule has 20 heavy (non-hydrogen) atoms. The molecule has 3 N–H and O–H groups in total. The highest BCUT2D eigenvalue weighted by molar-refractivity contribution is 7.89. The molecule has 1 aliphatic carbocycles. The highest BCUT2D eigenvalue weighted by atomic mass is 32.2. The van der Waals surface area contributed by atoms with Crippen LogP contribution < -0.4 is 10.5 Å². The van der Waals surface area contributed by atoms with Crippen molar-refractivity contribution in [3.8, 4) is 0 Å². The SMILES string of the molecule is CC1CCCC(NS(=O)(=O)c2cccc(F)c2N)C1C. The minimum absolute atomic E-state index is 0.119. The van der Waals surface area contributed by atoms with Crippen LogP contribution in [0.5, 0.6) is 0 Å². The molecule has 3 unspecified atom stereocenters. The molecule has 0 spiro atoms. The zero-order valence-corrected chi connectivity index (χ0v) is 12.6. The maximum Gasteiger partial charge on any atom is 0.242 e. The molecule has 4 nitrogen and oxygen atoms in total. The fraction of sp³-hybridized carbons (Fsp3) is 0.571. The number of hydrogen-bond donors (Lipinski definition) is 2. The summed E-state index contributed by atoms with van der Waals surface area (Å²) in [6.45, 7) is 4.17. The van der Waals surface area contributed by atoms with E-state index >= 15 is 0 Å². The summed E-state index contributed by atoms with van der Waals surface area (Å²) >= 11 is 0. The van der Waals surface area contributed by atoms with Gasteiger partial charge in [-0.25, -0.2) is 17.5 Å². The third-order valence-corrected chi connectivity index (χ3v) is 5.86. The van der Waals surface area contributed by atoms with E-state index in [0.717, 1.165) is 25.3 Å². The Balaban J connectivity index is 2.25. The van der Waals surface area contributed by atoms with Gasteiger partial charge in [0.25, 0.3) is 0 Å². The van der Waals surface area contributed by atoms with Gasteiger partial charge in [-0.2, -0.15) is 0 Å². The van der Waals surface area contributed by atoms with E-state index in [1.165, 1.54) is 12.1 Å². The first kappa shape index (κ1) is 15.3. The van der Waals surface area contributed by atoms with E-state index in [1.807, 2.05) is 6.92 Å². The standard InChI is InChI=1S/C14H21FN2O2S/c1-9-5-3-7-12(10(9)2)17-20(18,19)13-8-4-6-11(15)14(13)16/h4,6,8-10,12,17H,3,5,7,16H2,1-2H3. The Labute approximate surface area is 119 Å². The first-order valence-corrected chi connectivity index (χ1v) is 8.37. The molecule has 0 amide bonds. The lowest BCUT2D eigenvalue weighted by Crippen LogP contribution is -2.43. The highest BCUT2D eigenvalue weighted by Crippen LogP contribution is 2.31. The number of halogens is 1. The number of hydrogen-bond acceptors (Lipinski definition) is 3. The van der Waals surface area contributed by atoms with Gasteiger partial charge in [-0.15, -0.1) is 0 Å². The Hall–Kier alpha value is -1.14. The third-order valence-electron chi connectivity index (χ3n) is 4.32. The second-order valence-electron chi connectivity index (χ2n) is 5.65. The summed E-state index contributed by atoms with van der Waals surface area (Å²) in [6.07, 6.45) is 2.92. The Morgan fingerprint density at radius 3 is 2.70 bits per heavy atom. The lowest BCUT2D eigenvalue weighted by Gasteiger charge is -2.34. The largest absolute Gasteiger partial charge is 0.395 e. The van der Waals surface area contributed by atoms with Crippen molar-refractivity contribution in [1.82, 2.24) is 4.72 Å². The molecule has 0 aromatic heterocycles. The number of sulfonamides is 1. The van der Waals surface area contributed by atoms with Crippen LogP contribution in [0.15, 0.2) is 23.1 Å². The predicted molar refractivity (Wildman–Crippen MR) is 77.1 cm³/mol. The van der Waals surface area contributed by atoms with Crippen LogP contribution in [0.4, 0.5) is 10.1 Å². The summed E-state index contributed by atoms with van der Waals surface area (Å²) in [7, 11) is -3.78. The summed E-state index contributed by atoms with van der Waals surface area (Å²) in [5, 5.41) is 0. The third kappa shape index (κ3) is 2.96. The summed E-state index contributed by atoms with van der Waals surface area (Å²) in [4.78, 5) is -0.178. The fourth-order valence-corrected chi connectivity index (χ4v) is 4.27. The molecule has 0 saturated heterocycles. The van der Waals surface area contributed by atoms with Crippen LogP contribution >= 0.6 is 0 Å². The minimum atomic E-state index is -3.78. The summed E-state index contributed by atoms with van der Waals surface area (Å²) in [5.41, 5.74) is 5.22. The molecule has 3 atom stereocenters. The second kappa shape index (κ2) is 5.69. The number of nitrogens with two attached hydrogens (primary N) is 1. The van der Waals surface area contributed by atoms with Crippen LogP contribution in [-0.4, -0.2) is 14.5 Å². The molecule has 1 aromatic carbocycles. The molecule has 1 aliphatic rings. The van der Waals surface area contributed by atoms with E-state index in [0.29, 0.717) is 5.92 Å². The first-order valence-electron chi connectivity index (χ1n) is 6.89. The molecule has 0 heterocycles. The van der Waals surface area contributed by atoms with Crippen molar-refractivity contribution in [2.24, 2.45) is 11.8 Å². The van der Waals surface area contributed by atoms with Gasteiger partial charge in [-0.05, 0) is 30.4 Å². The lowest BCUT2D eigenvalue weighted by molar-refractivity contribution is 0.227. The maximum absolute atomic E-state index is 13.4. The molecule has 1 saturated carbocycles. The van der Waals surface area contributed by atoms with E-state index in [-0.39, 0.29) is 22.5 Å². The van der Waals surface area contributed by atoms with Gasteiger partial charge in [0.1, 0.15) is 10.7 Å². The van der Waals surface area contributed by atoms with Gasteiger partial charge in [0.05, 0.1) is 5.69 Å². The van der Waals surface area contributed by atoms with E-state index in [2.05, 4.69) is 11.6 Å². The van der Waals surface area contributed by atoms with Crippen LogP contribution in [0.3, 0.4) is 0 Å². The van der Waals surface area contributed by atoms with Crippen molar-refractivity contribution in [2.75, 3.05) is 5.73 Å². The number of anilines is 1. The molecule has 2 rings (SSSR count). The van der Waals surface area contributed by atoms with Crippen molar-refractivity contribution in [1.29, 1.82) is 0 Å². The monoisotopic (exact) mass is 300 g/mol. The average molecular weight is 300 g/mol. The van der Waals surface area contributed by atoms with Gasteiger partial charge in [-0.1, -0.05) is 32.8 Å². The zero-order valence-electron chi connectivity index (χ0n) is 11.8. The first-order chi connectivity index (χ1) is 9.33. The van der Waals surface area contributed by atoms with E-state index < -0.39 is 15.8 Å². The molecule has 0 radical (unpaired) electrons. The Kier molecular flexibility index (Phi) is 4.34. The number of nitrogens with one attached hydrogen (secondary N) is 1. The van der Waals surface area contributed by atoms with E-state index in [1.54, 1.807) is 0 Å². The van der Waals surface area contributed by atoms with Crippen molar-refractivity contribution >= 4 is 15.7 Å². The zero-order chi connectivity index (χ0) is 14.9. The molecular weight excluding hydrogens is 279 g/mol. The smallest absolute Gasteiger partial charge is 0.242 e. The number of para-hydroxylation sites is 1. The summed E-state index contributed by atoms with van der Waals surface area (Å²) in [5.74, 6) is 0.0209. The van der Waals surface area contributed by atoms with Gasteiger partial charge < -0.3 is 5.73 Å². The van der Waals surface area contributed by atoms with Crippen LogP contribution in [0.2, 0.25) is 0 Å². The van der Waals surface area contributed by atoms with Crippen LogP contribution in [0.25, 0.3) is 0 Å². The number of nitrogen functional groups attached to an aromatic ring is 1. The second-order valence-corrected chi connectivity index (χ2v) is 7.33. The van der Waals surface area contributed by atoms with Crippen molar-refractivity contribution in [3.63, 3.8) is 0 Å². The average Bonchev–Trinajstić information content (AvgIpc) is 2.38. The maximum atomic E-state index is 13.4. The minimum Gasteiger partial charge on any atom is -0.395 e. The quantitative estimate of drug-likeness (QED) is 0.843. The fourth-order valence-electron chi connectivity index (χ4n) is 2.76. The Morgan fingerprint density at radius 2 is 2.00 bits per heavy atom. The van der Waals surface area contributed by atoms with Crippen LogP contribution in [-0.2, 0) is 10.0 Å². The molecule has 6 heteroatoms. The van der Waals surface area contributed by atoms with Gasteiger partial charge in [0.15, 0.2) is 0 Å². The summed E-state index contributed by atoms with van der Waals surface area (Å²) < 4.78 is 40.8. The predicted octanol–water partition coefficient (Wildman–Crippen LogP) is 2.51. The van der Waals surface area contributed by atoms with Gasteiger partial charge >= 0.3 is 0 Å². The topological polar surface area (TPSA) is 72.2 Å². The van der Waals surface area contributed by atoms with Gasteiger partial charge in [0, 0.05) is 6.04 Å². The molecule has 0 aliphatic heterocycles. The van der Waals surface area contributed by atoms with Crippen molar-refractivity contribution in [2.45, 2.75) is 44.0 Å². The van der Waals surface area contributed by atoms with E-state index in [9.17, 15) is 12.8 Å². The van der Waals surface area contributed by atoms with Crippen LogP contribution in [0.1, 0.15) is 33.1 Å². The molecule has 112 valence electrons. The van der Waals surface area contributed by atoms with E-state index in [4.69, 9.17) is 5.73 Å². The molecule has 1 fully saturated rings. The Bertz CT molecular complexity index is 589. The van der Waals surface area contributed by atoms with Crippen LogP contribution in [0, 0.1) is 17.7 Å². The van der Waals surface area contributed by atoms with Gasteiger partial charge in [-0.3, -0.25) is 0 Å². The normalized spacial score (nSPS) is 27.4. The van der Waals surface area contributed by atoms with Gasteiger partial charge in [0.2, 0.25) is 10.0 Å². The van der Waals surface area contributed by atoms with Crippen molar-refractivity contribution in [3.05, 3.63) is 24.0 Å². The molecular formula is C14H21FN2O2S. The highest BCUT2D eigenvalue weighted by Gasteiger charge is 2.31. The molecule has 1 aromatic rings. The van der Waals surface area contributed by atoms with Crippen molar-refractivity contribution < 1.29 is 12.8 Å². The lowest BCUT2D eigenvalue weighted by atomic mass is 9.78.